The van der Waals surface area contributed by atoms with Crippen molar-refractivity contribution in [2.75, 3.05) is 25.9 Å². The van der Waals surface area contributed by atoms with E-state index in [2.05, 4.69) is 26.7 Å². The molecule has 1 heterocycles. The highest BCUT2D eigenvalue weighted by molar-refractivity contribution is 14.0. The maximum atomic E-state index is 4.28. The van der Waals surface area contributed by atoms with Gasteiger partial charge in [-0.1, -0.05) is 23.4 Å². The van der Waals surface area contributed by atoms with Crippen molar-refractivity contribution in [3.8, 4) is 0 Å². The van der Waals surface area contributed by atoms with Gasteiger partial charge < -0.3 is 10.6 Å². The number of hydrogen-bond acceptors (Lipinski definition) is 4. The van der Waals surface area contributed by atoms with E-state index in [0.717, 1.165) is 42.0 Å². The number of thiazole rings is 1. The topological polar surface area (TPSA) is 49.3 Å². The Labute approximate surface area is 165 Å². The summed E-state index contributed by atoms with van der Waals surface area (Å²) in [6.45, 7) is 1.92. The van der Waals surface area contributed by atoms with Crippen LogP contribution in [0.15, 0.2) is 32.6 Å². The van der Waals surface area contributed by atoms with Crippen molar-refractivity contribution in [2.24, 2.45) is 4.99 Å². The molecule has 0 fully saturated rings. The molecule has 0 saturated carbocycles. The van der Waals surface area contributed by atoms with Gasteiger partial charge in [0, 0.05) is 37.5 Å². The number of nitrogens with zero attached hydrogens (tertiary/aromatic N) is 2. The van der Waals surface area contributed by atoms with Crippen molar-refractivity contribution in [3.63, 3.8) is 0 Å². The minimum atomic E-state index is 0. The molecule has 0 saturated heterocycles. The molecule has 4 nitrogen and oxygen atoms in total. The zero-order valence-corrected chi connectivity index (χ0v) is 17.7. The molecular formula is C16H27IN4S2. The molecule has 1 aliphatic carbocycles. The number of aromatic nitrogens is 1. The summed E-state index contributed by atoms with van der Waals surface area (Å²) in [5, 5.41) is 8.80. The summed E-state index contributed by atoms with van der Waals surface area (Å²) in [5.41, 5.74) is 1.61. The van der Waals surface area contributed by atoms with Crippen LogP contribution in [0.5, 0.6) is 0 Å². The van der Waals surface area contributed by atoms with Crippen molar-refractivity contribution in [1.29, 1.82) is 0 Å². The van der Waals surface area contributed by atoms with Crippen molar-refractivity contribution in [2.45, 2.75) is 42.9 Å². The number of halogens is 1. The first kappa shape index (κ1) is 20.8. The van der Waals surface area contributed by atoms with Crippen LogP contribution in [0.4, 0.5) is 0 Å². The Morgan fingerprint density at radius 2 is 2.22 bits per heavy atom. The zero-order valence-electron chi connectivity index (χ0n) is 13.7. The lowest BCUT2D eigenvalue weighted by Gasteiger charge is -2.15. The second-order valence-corrected chi connectivity index (χ2v) is 7.52. The highest BCUT2D eigenvalue weighted by Gasteiger charge is 2.04. The van der Waals surface area contributed by atoms with E-state index in [1.54, 1.807) is 16.9 Å². The maximum Gasteiger partial charge on any atom is 0.190 e. The summed E-state index contributed by atoms with van der Waals surface area (Å²) in [6.07, 6.45) is 11.8. The van der Waals surface area contributed by atoms with Crippen molar-refractivity contribution in [1.82, 2.24) is 15.6 Å². The number of hydrogen-bond donors (Lipinski definition) is 2. The number of nitrogens with one attached hydrogen (secondary N) is 2. The summed E-state index contributed by atoms with van der Waals surface area (Å²) in [7, 11) is 1.83. The highest BCUT2D eigenvalue weighted by Crippen LogP contribution is 2.20. The SMILES string of the molecule is CN=C(NCCCSc1nccs1)NCCC1=CCCCC1.I. The van der Waals surface area contributed by atoms with Crippen LogP contribution in [-0.4, -0.2) is 36.8 Å². The molecule has 130 valence electrons. The molecule has 2 N–H and O–H groups in total. The van der Waals surface area contributed by atoms with Crippen LogP contribution >= 0.6 is 47.1 Å². The fraction of sp³-hybridized carbons (Fsp3) is 0.625. The van der Waals surface area contributed by atoms with Gasteiger partial charge in [-0.2, -0.15) is 0 Å². The molecule has 0 bridgehead atoms. The first-order valence-corrected chi connectivity index (χ1v) is 9.89. The highest BCUT2D eigenvalue weighted by atomic mass is 127. The second kappa shape index (κ2) is 13.1. The van der Waals surface area contributed by atoms with Gasteiger partial charge in [0.05, 0.1) is 0 Å². The van der Waals surface area contributed by atoms with E-state index in [4.69, 9.17) is 0 Å². The number of aliphatic imine (C=N–C) groups is 1. The first-order valence-electron chi connectivity index (χ1n) is 8.03. The van der Waals surface area contributed by atoms with Crippen LogP contribution in [0, 0.1) is 0 Å². The van der Waals surface area contributed by atoms with E-state index < -0.39 is 0 Å². The largest absolute Gasteiger partial charge is 0.356 e. The summed E-state index contributed by atoms with van der Waals surface area (Å²) in [6, 6.07) is 0. The number of allylic oxidation sites excluding steroid dienone is 1. The third kappa shape index (κ3) is 8.95. The molecule has 2 rings (SSSR count). The zero-order chi connectivity index (χ0) is 15.5. The Kier molecular flexibility index (Phi) is 11.8. The molecular weight excluding hydrogens is 439 g/mol. The van der Waals surface area contributed by atoms with Gasteiger partial charge in [-0.05, 0) is 38.5 Å². The van der Waals surface area contributed by atoms with E-state index >= 15 is 0 Å². The third-order valence-corrected chi connectivity index (χ3v) is 5.65. The third-order valence-electron chi connectivity index (χ3n) is 3.60. The van der Waals surface area contributed by atoms with Gasteiger partial charge >= 0.3 is 0 Å². The fourth-order valence-corrected chi connectivity index (χ4v) is 4.06. The molecule has 0 radical (unpaired) electrons. The van der Waals surface area contributed by atoms with Crippen LogP contribution < -0.4 is 10.6 Å². The summed E-state index contributed by atoms with van der Waals surface area (Å²) >= 11 is 3.53. The molecule has 0 aromatic carbocycles. The van der Waals surface area contributed by atoms with Gasteiger partial charge in [-0.15, -0.1) is 35.3 Å². The van der Waals surface area contributed by atoms with Crippen molar-refractivity contribution in [3.05, 3.63) is 23.2 Å². The molecule has 1 aromatic rings. The number of thioether (sulfide) groups is 1. The lowest BCUT2D eigenvalue weighted by molar-refractivity contribution is 0.665. The average Bonchev–Trinajstić information content (AvgIpc) is 3.07. The van der Waals surface area contributed by atoms with Gasteiger partial charge in [0.15, 0.2) is 5.96 Å². The second-order valence-electron chi connectivity index (χ2n) is 5.28. The van der Waals surface area contributed by atoms with Crippen molar-refractivity contribution >= 4 is 53.0 Å². The van der Waals surface area contributed by atoms with E-state index in [9.17, 15) is 0 Å². The van der Waals surface area contributed by atoms with Gasteiger partial charge in [0.1, 0.15) is 4.34 Å². The Morgan fingerprint density at radius 3 is 2.91 bits per heavy atom. The average molecular weight is 466 g/mol. The minimum Gasteiger partial charge on any atom is -0.356 e. The number of guanidine groups is 1. The molecule has 0 aliphatic heterocycles. The lowest BCUT2D eigenvalue weighted by atomic mass is 9.97. The maximum absolute atomic E-state index is 4.28. The quantitative estimate of drug-likeness (QED) is 0.150. The smallest absolute Gasteiger partial charge is 0.190 e. The lowest BCUT2D eigenvalue weighted by Crippen LogP contribution is -2.38. The fourth-order valence-electron chi connectivity index (χ4n) is 2.41. The van der Waals surface area contributed by atoms with Crippen LogP contribution in [-0.2, 0) is 0 Å². The predicted octanol–water partition coefficient (Wildman–Crippen LogP) is 4.30. The van der Waals surface area contributed by atoms with Gasteiger partial charge in [0.25, 0.3) is 0 Å². The van der Waals surface area contributed by atoms with Gasteiger partial charge in [0.2, 0.25) is 0 Å². The molecule has 0 spiro atoms. The van der Waals surface area contributed by atoms with Gasteiger partial charge in [-0.3, -0.25) is 4.99 Å². The molecule has 0 unspecified atom stereocenters. The Bertz CT molecular complexity index is 474. The minimum absolute atomic E-state index is 0. The summed E-state index contributed by atoms with van der Waals surface area (Å²) in [5.74, 6) is 2.00. The summed E-state index contributed by atoms with van der Waals surface area (Å²) < 4.78 is 1.16. The molecule has 1 aliphatic rings. The Hall–Kier alpha value is -0.280. The Balaban J connectivity index is 0.00000264. The van der Waals surface area contributed by atoms with Crippen LogP contribution in [0.1, 0.15) is 38.5 Å². The van der Waals surface area contributed by atoms with Crippen LogP contribution in [0.25, 0.3) is 0 Å². The molecule has 0 atom stereocenters. The predicted molar refractivity (Wildman–Crippen MR) is 113 cm³/mol. The molecule has 23 heavy (non-hydrogen) atoms. The van der Waals surface area contributed by atoms with Crippen LogP contribution in [0.2, 0.25) is 0 Å². The van der Waals surface area contributed by atoms with E-state index in [0.29, 0.717) is 0 Å². The molecule has 1 aromatic heterocycles. The molecule has 0 amide bonds. The van der Waals surface area contributed by atoms with Crippen molar-refractivity contribution < 1.29 is 0 Å². The first-order chi connectivity index (χ1) is 10.9. The van der Waals surface area contributed by atoms with E-state index in [-0.39, 0.29) is 24.0 Å². The van der Waals surface area contributed by atoms with Crippen LogP contribution in [0.3, 0.4) is 0 Å². The van der Waals surface area contributed by atoms with E-state index in [1.165, 1.54) is 25.7 Å². The number of rotatable bonds is 8. The monoisotopic (exact) mass is 466 g/mol. The van der Waals surface area contributed by atoms with E-state index in [1.807, 2.05) is 30.4 Å². The van der Waals surface area contributed by atoms with Gasteiger partial charge in [-0.25, -0.2) is 4.98 Å². The Morgan fingerprint density at radius 1 is 1.35 bits per heavy atom. The normalized spacial score (nSPS) is 14.8. The summed E-state index contributed by atoms with van der Waals surface area (Å²) in [4.78, 5) is 8.55. The standard InChI is InChI=1S/C16H26N4S2.HI/c1-17-15(19-10-8-14-6-3-2-4-7-14)18-9-5-12-21-16-20-11-13-22-16;/h6,11,13H,2-5,7-10,12H2,1H3,(H2,17,18,19);1H. The molecule has 7 heteroatoms.